The molecule has 1 heterocycles. The predicted octanol–water partition coefficient (Wildman–Crippen LogP) is 3.13. The standard InChI is InChI=1S/C18H14F3N3O3/c1-24-17(26)12-7-3-2-6-11(12)15(23-24)16(25)22-13-8-4-5-9-14(13)27-10-18(19,20)21/h2-9H,10H2,1H3,(H,22,25). The molecule has 0 bridgehead atoms. The van der Waals surface area contributed by atoms with Crippen molar-refractivity contribution in [2.24, 2.45) is 7.05 Å². The van der Waals surface area contributed by atoms with Gasteiger partial charge in [-0.15, -0.1) is 0 Å². The van der Waals surface area contributed by atoms with Crippen LogP contribution in [0.1, 0.15) is 10.5 Å². The largest absolute Gasteiger partial charge is 0.482 e. The van der Waals surface area contributed by atoms with Crippen molar-refractivity contribution in [2.75, 3.05) is 11.9 Å². The smallest absolute Gasteiger partial charge is 0.422 e. The molecule has 1 aromatic heterocycles. The van der Waals surface area contributed by atoms with Gasteiger partial charge in [0.1, 0.15) is 5.75 Å². The number of hydrogen-bond donors (Lipinski definition) is 1. The number of rotatable bonds is 4. The number of carbonyl (C=O) groups excluding carboxylic acids is 1. The fourth-order valence-electron chi connectivity index (χ4n) is 2.50. The molecule has 0 radical (unpaired) electrons. The maximum Gasteiger partial charge on any atom is 0.422 e. The molecule has 0 saturated carbocycles. The molecular formula is C18H14F3N3O3. The van der Waals surface area contributed by atoms with Crippen molar-refractivity contribution in [3.8, 4) is 5.75 Å². The number of para-hydroxylation sites is 2. The number of fused-ring (bicyclic) bond motifs is 1. The Bertz CT molecular complexity index is 1060. The molecule has 0 aliphatic heterocycles. The van der Waals surface area contributed by atoms with E-state index in [0.29, 0.717) is 10.8 Å². The van der Waals surface area contributed by atoms with Gasteiger partial charge in [0.2, 0.25) is 0 Å². The van der Waals surface area contributed by atoms with E-state index in [4.69, 9.17) is 4.74 Å². The summed E-state index contributed by atoms with van der Waals surface area (Å²) in [6, 6.07) is 12.2. The van der Waals surface area contributed by atoms with Crippen LogP contribution in [0.15, 0.2) is 53.3 Å². The van der Waals surface area contributed by atoms with E-state index < -0.39 is 18.7 Å². The lowest BCUT2D eigenvalue weighted by Crippen LogP contribution is -2.25. The Balaban J connectivity index is 1.95. The number of aryl methyl sites for hydroxylation is 1. The Morgan fingerprint density at radius 2 is 1.74 bits per heavy atom. The Kier molecular flexibility index (Phi) is 4.85. The molecule has 0 spiro atoms. The molecule has 9 heteroatoms. The summed E-state index contributed by atoms with van der Waals surface area (Å²) in [6.45, 7) is -1.49. The predicted molar refractivity (Wildman–Crippen MR) is 92.9 cm³/mol. The van der Waals surface area contributed by atoms with E-state index in [2.05, 4.69) is 10.4 Å². The molecule has 0 fully saturated rings. The van der Waals surface area contributed by atoms with Crippen LogP contribution in [-0.4, -0.2) is 28.5 Å². The van der Waals surface area contributed by atoms with Crippen LogP contribution in [-0.2, 0) is 7.05 Å². The third kappa shape index (κ3) is 4.08. The zero-order chi connectivity index (χ0) is 19.6. The van der Waals surface area contributed by atoms with Crippen molar-refractivity contribution in [1.82, 2.24) is 9.78 Å². The van der Waals surface area contributed by atoms with E-state index in [1.54, 1.807) is 30.3 Å². The summed E-state index contributed by atoms with van der Waals surface area (Å²) in [7, 11) is 1.41. The van der Waals surface area contributed by atoms with E-state index in [1.807, 2.05) is 0 Å². The van der Waals surface area contributed by atoms with Gasteiger partial charge in [-0.25, -0.2) is 4.68 Å². The molecule has 0 aliphatic rings. The molecule has 0 atom stereocenters. The van der Waals surface area contributed by atoms with Crippen LogP contribution in [0.5, 0.6) is 5.75 Å². The molecule has 0 aliphatic carbocycles. The maximum absolute atomic E-state index is 12.7. The first-order chi connectivity index (χ1) is 12.8. The summed E-state index contributed by atoms with van der Waals surface area (Å²) in [5, 5.41) is 7.12. The molecule has 27 heavy (non-hydrogen) atoms. The summed E-state index contributed by atoms with van der Waals surface area (Å²) >= 11 is 0. The number of aromatic nitrogens is 2. The van der Waals surface area contributed by atoms with Gasteiger partial charge in [0.25, 0.3) is 11.5 Å². The van der Waals surface area contributed by atoms with E-state index in [1.165, 1.54) is 25.2 Å². The lowest BCUT2D eigenvalue weighted by Gasteiger charge is -2.14. The number of nitrogens with one attached hydrogen (secondary N) is 1. The third-order valence-corrected chi connectivity index (χ3v) is 3.70. The highest BCUT2D eigenvalue weighted by atomic mass is 19.4. The van der Waals surface area contributed by atoms with Gasteiger partial charge in [-0.2, -0.15) is 18.3 Å². The van der Waals surface area contributed by atoms with Crippen LogP contribution >= 0.6 is 0 Å². The highest BCUT2D eigenvalue weighted by Gasteiger charge is 2.29. The zero-order valence-electron chi connectivity index (χ0n) is 14.1. The maximum atomic E-state index is 12.7. The Labute approximate surface area is 151 Å². The number of amides is 1. The second kappa shape index (κ2) is 7.10. The highest BCUT2D eigenvalue weighted by molar-refractivity contribution is 6.11. The monoisotopic (exact) mass is 377 g/mol. The van der Waals surface area contributed by atoms with Gasteiger partial charge in [-0.05, 0) is 18.2 Å². The molecule has 3 aromatic rings. The number of ether oxygens (including phenoxy) is 1. The molecule has 6 nitrogen and oxygen atoms in total. The quantitative estimate of drug-likeness (QED) is 0.758. The number of halogens is 3. The van der Waals surface area contributed by atoms with Crippen molar-refractivity contribution in [1.29, 1.82) is 0 Å². The lowest BCUT2D eigenvalue weighted by atomic mass is 10.1. The van der Waals surface area contributed by atoms with Crippen molar-refractivity contribution in [3.63, 3.8) is 0 Å². The second-order valence-electron chi connectivity index (χ2n) is 5.68. The van der Waals surface area contributed by atoms with Gasteiger partial charge < -0.3 is 10.1 Å². The van der Waals surface area contributed by atoms with Gasteiger partial charge in [0.15, 0.2) is 12.3 Å². The first-order valence-corrected chi connectivity index (χ1v) is 7.82. The first-order valence-electron chi connectivity index (χ1n) is 7.82. The number of nitrogens with zero attached hydrogens (tertiary/aromatic N) is 2. The third-order valence-electron chi connectivity index (χ3n) is 3.70. The van der Waals surface area contributed by atoms with Crippen molar-refractivity contribution >= 4 is 22.4 Å². The normalized spacial score (nSPS) is 11.4. The minimum Gasteiger partial charge on any atom is -0.482 e. The topological polar surface area (TPSA) is 73.2 Å². The minimum absolute atomic E-state index is 0.0293. The van der Waals surface area contributed by atoms with Crippen LogP contribution < -0.4 is 15.6 Å². The Morgan fingerprint density at radius 3 is 2.44 bits per heavy atom. The fourth-order valence-corrected chi connectivity index (χ4v) is 2.50. The van der Waals surface area contributed by atoms with E-state index >= 15 is 0 Å². The highest BCUT2D eigenvalue weighted by Crippen LogP contribution is 2.27. The van der Waals surface area contributed by atoms with Crippen molar-refractivity contribution in [3.05, 3.63) is 64.6 Å². The average molecular weight is 377 g/mol. The lowest BCUT2D eigenvalue weighted by molar-refractivity contribution is -0.153. The number of alkyl halides is 3. The fraction of sp³-hybridized carbons (Fsp3) is 0.167. The van der Waals surface area contributed by atoms with E-state index in [-0.39, 0.29) is 22.7 Å². The van der Waals surface area contributed by atoms with Crippen molar-refractivity contribution < 1.29 is 22.7 Å². The van der Waals surface area contributed by atoms with Crippen LogP contribution in [0.2, 0.25) is 0 Å². The zero-order valence-corrected chi connectivity index (χ0v) is 14.1. The summed E-state index contributed by atoms with van der Waals surface area (Å²) in [5.74, 6) is -0.804. The molecular weight excluding hydrogens is 363 g/mol. The molecule has 3 rings (SSSR count). The Morgan fingerprint density at radius 1 is 1.11 bits per heavy atom. The molecule has 140 valence electrons. The van der Waals surface area contributed by atoms with Crippen LogP contribution in [0.4, 0.5) is 18.9 Å². The SMILES string of the molecule is Cn1nc(C(=O)Nc2ccccc2OCC(F)(F)F)c2ccccc2c1=O. The number of benzene rings is 2. The van der Waals surface area contributed by atoms with Crippen molar-refractivity contribution in [2.45, 2.75) is 6.18 Å². The Hall–Kier alpha value is -3.36. The van der Waals surface area contributed by atoms with Crippen LogP contribution in [0, 0.1) is 0 Å². The first kappa shape index (κ1) is 18.4. The van der Waals surface area contributed by atoms with E-state index in [0.717, 1.165) is 4.68 Å². The molecule has 1 N–H and O–H groups in total. The van der Waals surface area contributed by atoms with Gasteiger partial charge in [0, 0.05) is 12.4 Å². The number of anilines is 1. The van der Waals surface area contributed by atoms with Gasteiger partial charge in [0.05, 0.1) is 11.1 Å². The van der Waals surface area contributed by atoms with Gasteiger partial charge >= 0.3 is 6.18 Å². The summed E-state index contributed by atoms with van der Waals surface area (Å²) in [6.07, 6.45) is -4.51. The number of carbonyl (C=O) groups is 1. The van der Waals surface area contributed by atoms with Crippen LogP contribution in [0.3, 0.4) is 0 Å². The van der Waals surface area contributed by atoms with Gasteiger partial charge in [-0.1, -0.05) is 30.3 Å². The molecule has 1 amide bonds. The van der Waals surface area contributed by atoms with Gasteiger partial charge in [-0.3, -0.25) is 9.59 Å². The average Bonchev–Trinajstić information content (AvgIpc) is 2.63. The minimum atomic E-state index is -4.51. The molecule has 2 aromatic carbocycles. The second-order valence-corrected chi connectivity index (χ2v) is 5.68. The van der Waals surface area contributed by atoms with Crippen LogP contribution in [0.25, 0.3) is 10.8 Å². The summed E-state index contributed by atoms with van der Waals surface area (Å²) in [4.78, 5) is 24.8. The molecule has 0 unspecified atom stereocenters. The molecule has 0 saturated heterocycles. The summed E-state index contributed by atoms with van der Waals surface area (Å²) in [5.41, 5.74) is -0.333. The number of hydrogen-bond acceptors (Lipinski definition) is 4. The summed E-state index contributed by atoms with van der Waals surface area (Å²) < 4.78 is 43.0. The van der Waals surface area contributed by atoms with E-state index in [9.17, 15) is 22.8 Å².